The van der Waals surface area contributed by atoms with Crippen molar-refractivity contribution in [3.63, 3.8) is 0 Å². The highest BCUT2D eigenvalue weighted by Gasteiger charge is 2.05. The van der Waals surface area contributed by atoms with E-state index in [2.05, 4.69) is 0 Å². The first-order chi connectivity index (χ1) is 8.26. The molecule has 0 radical (unpaired) electrons. The molecule has 0 saturated heterocycles. The van der Waals surface area contributed by atoms with Gasteiger partial charge in [0.05, 0.1) is 12.7 Å². The molecule has 1 aromatic carbocycles. The molecule has 1 aromatic rings. The quantitative estimate of drug-likeness (QED) is 0.728. The number of ether oxygens (including phenoxy) is 2. The van der Waals surface area contributed by atoms with Crippen molar-refractivity contribution in [2.45, 2.75) is 26.1 Å². The van der Waals surface area contributed by atoms with Gasteiger partial charge in [0.15, 0.2) is 0 Å². The molecule has 0 aromatic heterocycles. The molecule has 2 N–H and O–H groups in total. The zero-order valence-electron chi connectivity index (χ0n) is 10.2. The molecule has 1 unspecified atom stereocenters. The van der Waals surface area contributed by atoms with Gasteiger partial charge in [-0.2, -0.15) is 0 Å². The van der Waals surface area contributed by atoms with Crippen molar-refractivity contribution in [2.75, 3.05) is 19.8 Å². The van der Waals surface area contributed by atoms with Gasteiger partial charge in [-0.1, -0.05) is 23.7 Å². The van der Waals surface area contributed by atoms with E-state index in [-0.39, 0.29) is 6.10 Å². The minimum atomic E-state index is 0.0966. The Morgan fingerprint density at radius 1 is 1.41 bits per heavy atom. The highest BCUT2D eigenvalue weighted by Crippen LogP contribution is 2.11. The van der Waals surface area contributed by atoms with Crippen molar-refractivity contribution in [3.8, 4) is 0 Å². The van der Waals surface area contributed by atoms with Crippen molar-refractivity contribution < 1.29 is 9.47 Å². The zero-order valence-corrected chi connectivity index (χ0v) is 11.0. The number of benzene rings is 1. The van der Waals surface area contributed by atoms with Gasteiger partial charge in [-0.25, -0.2) is 0 Å². The molecule has 0 bridgehead atoms. The summed E-state index contributed by atoms with van der Waals surface area (Å²) < 4.78 is 11.0. The molecule has 0 saturated carbocycles. The Labute approximate surface area is 108 Å². The molecular weight excluding hydrogens is 238 g/mol. The normalized spacial score (nSPS) is 12.6. The van der Waals surface area contributed by atoms with Crippen LogP contribution in [-0.4, -0.2) is 25.9 Å². The minimum Gasteiger partial charge on any atom is -0.377 e. The molecule has 0 fully saturated rings. The number of hydrogen-bond acceptors (Lipinski definition) is 3. The molecule has 0 heterocycles. The van der Waals surface area contributed by atoms with E-state index in [4.69, 9.17) is 26.8 Å². The summed E-state index contributed by atoms with van der Waals surface area (Å²) >= 11 is 5.88. The van der Waals surface area contributed by atoms with Crippen molar-refractivity contribution in [1.29, 1.82) is 0 Å². The Bertz CT molecular complexity index is 320. The average molecular weight is 258 g/mol. The van der Waals surface area contributed by atoms with Crippen LogP contribution in [0.3, 0.4) is 0 Å². The van der Waals surface area contributed by atoms with Gasteiger partial charge in [-0.3, -0.25) is 0 Å². The summed E-state index contributed by atoms with van der Waals surface area (Å²) in [4.78, 5) is 0. The van der Waals surface area contributed by atoms with Crippen LogP contribution in [0.1, 0.15) is 18.9 Å². The third-order valence-electron chi connectivity index (χ3n) is 2.41. The fraction of sp³-hybridized carbons (Fsp3) is 0.538. The smallest absolute Gasteiger partial charge is 0.0719 e. The Balaban J connectivity index is 2.19. The predicted octanol–water partition coefficient (Wildman–Crippen LogP) is 2.61. The van der Waals surface area contributed by atoms with Crippen LogP contribution in [0, 0.1) is 0 Å². The Hall–Kier alpha value is -0.610. The summed E-state index contributed by atoms with van der Waals surface area (Å²) in [5.74, 6) is 0. The second-order valence-electron chi connectivity index (χ2n) is 3.78. The largest absolute Gasteiger partial charge is 0.377 e. The van der Waals surface area contributed by atoms with E-state index >= 15 is 0 Å². The predicted molar refractivity (Wildman–Crippen MR) is 70.2 cm³/mol. The van der Waals surface area contributed by atoms with Gasteiger partial charge in [0.25, 0.3) is 0 Å². The number of nitrogens with two attached hydrogens (primary N) is 1. The molecule has 0 amide bonds. The molecule has 0 aliphatic rings. The van der Waals surface area contributed by atoms with E-state index in [1.165, 1.54) is 0 Å². The lowest BCUT2D eigenvalue weighted by atomic mass is 10.2. The number of halogens is 1. The van der Waals surface area contributed by atoms with E-state index in [0.717, 1.165) is 17.0 Å². The molecule has 1 rings (SSSR count). The second kappa shape index (κ2) is 8.48. The van der Waals surface area contributed by atoms with Crippen LogP contribution in [0.5, 0.6) is 0 Å². The standard InChI is InChI=1S/C13H20ClNO2/c1-2-17-13(9-15)6-7-16-10-11-4-3-5-12(14)8-11/h3-5,8,13H,2,6-7,9-10,15H2,1H3. The van der Waals surface area contributed by atoms with Crippen LogP contribution in [0.2, 0.25) is 5.02 Å². The fourth-order valence-electron chi connectivity index (χ4n) is 1.54. The topological polar surface area (TPSA) is 44.5 Å². The van der Waals surface area contributed by atoms with Crippen molar-refractivity contribution in [1.82, 2.24) is 0 Å². The summed E-state index contributed by atoms with van der Waals surface area (Å²) in [6.07, 6.45) is 0.921. The third-order valence-corrected chi connectivity index (χ3v) is 2.64. The lowest BCUT2D eigenvalue weighted by Gasteiger charge is -2.14. The highest BCUT2D eigenvalue weighted by molar-refractivity contribution is 6.30. The zero-order chi connectivity index (χ0) is 12.5. The molecule has 3 nitrogen and oxygen atoms in total. The third kappa shape index (κ3) is 6.03. The molecule has 17 heavy (non-hydrogen) atoms. The van der Waals surface area contributed by atoms with Crippen molar-refractivity contribution >= 4 is 11.6 Å². The Morgan fingerprint density at radius 3 is 2.88 bits per heavy atom. The molecule has 4 heteroatoms. The lowest BCUT2D eigenvalue weighted by Crippen LogP contribution is -2.25. The van der Waals surface area contributed by atoms with Crippen LogP contribution in [0.4, 0.5) is 0 Å². The van der Waals surface area contributed by atoms with E-state index < -0.39 is 0 Å². The van der Waals surface area contributed by atoms with Gasteiger partial charge in [-0.05, 0) is 31.0 Å². The van der Waals surface area contributed by atoms with Crippen molar-refractivity contribution in [2.24, 2.45) is 5.73 Å². The molecule has 0 spiro atoms. The maximum Gasteiger partial charge on any atom is 0.0719 e. The van der Waals surface area contributed by atoms with E-state index in [1.54, 1.807) is 0 Å². The lowest BCUT2D eigenvalue weighted by molar-refractivity contribution is 0.0289. The summed E-state index contributed by atoms with van der Waals surface area (Å²) in [5.41, 5.74) is 6.66. The summed E-state index contributed by atoms with van der Waals surface area (Å²) in [5, 5.41) is 0.736. The minimum absolute atomic E-state index is 0.0966. The molecule has 96 valence electrons. The summed E-state index contributed by atoms with van der Waals surface area (Å²) in [6.45, 7) is 4.42. The number of hydrogen-bond donors (Lipinski definition) is 1. The van der Waals surface area contributed by atoms with Gasteiger partial charge in [0, 0.05) is 24.8 Å². The first-order valence-corrected chi connectivity index (χ1v) is 6.28. The van der Waals surface area contributed by atoms with E-state index in [1.807, 2.05) is 31.2 Å². The van der Waals surface area contributed by atoms with E-state index in [0.29, 0.717) is 26.4 Å². The molecule has 0 aliphatic heterocycles. The Morgan fingerprint density at radius 2 is 2.24 bits per heavy atom. The molecule has 0 aliphatic carbocycles. The van der Waals surface area contributed by atoms with Crippen LogP contribution in [-0.2, 0) is 16.1 Å². The van der Waals surface area contributed by atoms with Crippen molar-refractivity contribution in [3.05, 3.63) is 34.9 Å². The van der Waals surface area contributed by atoms with Crippen LogP contribution < -0.4 is 5.73 Å². The van der Waals surface area contributed by atoms with Gasteiger partial charge < -0.3 is 15.2 Å². The summed E-state index contributed by atoms with van der Waals surface area (Å²) in [6, 6.07) is 7.67. The monoisotopic (exact) mass is 257 g/mol. The Kier molecular flexibility index (Phi) is 7.21. The fourth-order valence-corrected chi connectivity index (χ4v) is 1.75. The average Bonchev–Trinajstić information content (AvgIpc) is 2.33. The van der Waals surface area contributed by atoms with Gasteiger partial charge in [0.1, 0.15) is 0 Å². The van der Waals surface area contributed by atoms with Crippen LogP contribution >= 0.6 is 11.6 Å². The molecular formula is C13H20ClNO2. The van der Waals surface area contributed by atoms with Crippen LogP contribution in [0.15, 0.2) is 24.3 Å². The second-order valence-corrected chi connectivity index (χ2v) is 4.22. The first kappa shape index (κ1) is 14.5. The maximum atomic E-state index is 5.88. The maximum absolute atomic E-state index is 5.88. The van der Waals surface area contributed by atoms with E-state index in [9.17, 15) is 0 Å². The van der Waals surface area contributed by atoms with Gasteiger partial charge in [0.2, 0.25) is 0 Å². The first-order valence-electron chi connectivity index (χ1n) is 5.90. The molecule has 1 atom stereocenters. The SMILES string of the molecule is CCOC(CN)CCOCc1cccc(Cl)c1. The highest BCUT2D eigenvalue weighted by atomic mass is 35.5. The van der Waals surface area contributed by atoms with Gasteiger partial charge >= 0.3 is 0 Å². The number of rotatable bonds is 8. The van der Waals surface area contributed by atoms with Gasteiger partial charge in [-0.15, -0.1) is 0 Å². The van der Waals surface area contributed by atoms with Crippen LogP contribution in [0.25, 0.3) is 0 Å². The summed E-state index contributed by atoms with van der Waals surface area (Å²) in [7, 11) is 0.